The average Bonchev–Trinajstić information content (AvgIpc) is 3.14. The van der Waals surface area contributed by atoms with Gasteiger partial charge in [0, 0.05) is 43.1 Å². The molecule has 132 valence electrons. The molecule has 0 radical (unpaired) electrons. The van der Waals surface area contributed by atoms with E-state index in [1.54, 1.807) is 23.2 Å². The molecule has 1 aliphatic heterocycles. The monoisotopic (exact) mass is 358 g/mol. The summed E-state index contributed by atoms with van der Waals surface area (Å²) in [5.74, 6) is -1.04. The molecule has 2 heterocycles. The molecule has 0 spiro atoms. The maximum atomic E-state index is 12.3. The molecule has 2 amide bonds. The van der Waals surface area contributed by atoms with E-state index in [-0.39, 0.29) is 5.41 Å². The number of hydrogen-bond acceptors (Lipinski definition) is 4. The molecule has 0 aliphatic carbocycles. The molecule has 6 nitrogen and oxygen atoms in total. The molecule has 0 bridgehead atoms. The summed E-state index contributed by atoms with van der Waals surface area (Å²) in [6.45, 7) is 5.48. The van der Waals surface area contributed by atoms with E-state index in [4.69, 9.17) is 0 Å². The topological polar surface area (TPSA) is 67.2 Å². The summed E-state index contributed by atoms with van der Waals surface area (Å²) in [6, 6.07) is 7.39. The first-order valence-electron chi connectivity index (χ1n) is 8.20. The lowest BCUT2D eigenvalue weighted by molar-refractivity contribution is -0.142. The van der Waals surface area contributed by atoms with Gasteiger partial charge in [-0.2, -0.15) is 0 Å². The van der Waals surface area contributed by atoms with Crippen molar-refractivity contribution < 1.29 is 9.59 Å². The van der Waals surface area contributed by atoms with Crippen molar-refractivity contribution in [1.82, 2.24) is 14.5 Å². The van der Waals surface area contributed by atoms with Gasteiger partial charge in [-0.3, -0.25) is 9.59 Å². The zero-order valence-corrected chi connectivity index (χ0v) is 15.5. The zero-order valence-electron chi connectivity index (χ0n) is 14.7. The van der Waals surface area contributed by atoms with Crippen LogP contribution < -0.4 is 5.32 Å². The molecule has 1 fully saturated rings. The molecule has 0 unspecified atom stereocenters. The average molecular weight is 358 g/mol. The number of anilines is 1. The lowest BCUT2D eigenvalue weighted by Gasteiger charge is -2.19. The summed E-state index contributed by atoms with van der Waals surface area (Å²) in [5, 5.41) is 3.58. The Morgan fingerprint density at radius 2 is 1.96 bits per heavy atom. The molecule has 1 aliphatic rings. The van der Waals surface area contributed by atoms with Gasteiger partial charge in [-0.1, -0.05) is 25.6 Å². The summed E-state index contributed by atoms with van der Waals surface area (Å²) in [6.07, 6.45) is 4.56. The van der Waals surface area contributed by atoms with Crippen LogP contribution in [0.2, 0.25) is 0 Å². The van der Waals surface area contributed by atoms with Crippen LogP contribution in [0.3, 0.4) is 0 Å². The molecular weight excluding hydrogens is 336 g/mol. The summed E-state index contributed by atoms with van der Waals surface area (Å²) in [7, 11) is 1.94. The second-order valence-corrected chi connectivity index (χ2v) is 8.08. The fraction of sp³-hybridized carbons (Fsp3) is 0.389. The van der Waals surface area contributed by atoms with Gasteiger partial charge >= 0.3 is 11.8 Å². The van der Waals surface area contributed by atoms with Gasteiger partial charge in [-0.15, -0.1) is 0 Å². The van der Waals surface area contributed by atoms with Gasteiger partial charge in [0.2, 0.25) is 0 Å². The molecule has 25 heavy (non-hydrogen) atoms. The number of likely N-dealkylation sites (tertiary alicyclic amines) is 1. The molecular formula is C18H22N4O2S. The number of hydrogen-bond donors (Lipinski definition) is 1. The first-order chi connectivity index (χ1) is 11.8. The predicted molar refractivity (Wildman–Crippen MR) is 97.4 cm³/mol. The van der Waals surface area contributed by atoms with Crippen molar-refractivity contribution in [3.8, 4) is 0 Å². The quantitative estimate of drug-likeness (QED) is 0.857. The second-order valence-electron chi connectivity index (χ2n) is 7.04. The van der Waals surface area contributed by atoms with E-state index in [0.29, 0.717) is 18.8 Å². The molecule has 3 rings (SSSR count). The smallest absolute Gasteiger partial charge is 0.313 e. The highest BCUT2D eigenvalue weighted by atomic mass is 32.2. The molecule has 2 aromatic rings. The molecule has 0 atom stereocenters. The first-order valence-corrected chi connectivity index (χ1v) is 9.01. The Balaban J connectivity index is 1.58. The normalized spacial score (nSPS) is 16.0. The predicted octanol–water partition coefficient (Wildman–Crippen LogP) is 2.77. The van der Waals surface area contributed by atoms with Gasteiger partial charge < -0.3 is 14.8 Å². The zero-order chi connectivity index (χ0) is 18.0. The lowest BCUT2D eigenvalue weighted by Crippen LogP contribution is -2.38. The van der Waals surface area contributed by atoms with Gasteiger partial charge in [0.15, 0.2) is 5.16 Å². The van der Waals surface area contributed by atoms with Gasteiger partial charge in [-0.05, 0) is 36.1 Å². The molecule has 1 aromatic heterocycles. The SMILES string of the molecule is Cn1ccnc1Sc1ccc(NC(=O)C(=O)N2CCC(C)(C)C2)cc1. The maximum Gasteiger partial charge on any atom is 0.313 e. The van der Waals surface area contributed by atoms with E-state index in [2.05, 4.69) is 24.1 Å². The summed E-state index contributed by atoms with van der Waals surface area (Å²) >= 11 is 1.54. The van der Waals surface area contributed by atoms with Crippen molar-refractivity contribution >= 4 is 29.3 Å². The number of rotatable bonds is 3. The number of amides is 2. The van der Waals surface area contributed by atoms with Crippen molar-refractivity contribution in [3.63, 3.8) is 0 Å². The van der Waals surface area contributed by atoms with Gasteiger partial charge in [0.25, 0.3) is 0 Å². The minimum Gasteiger partial charge on any atom is -0.334 e. The van der Waals surface area contributed by atoms with E-state index in [1.165, 1.54) is 11.8 Å². The van der Waals surface area contributed by atoms with Crippen molar-refractivity contribution in [2.24, 2.45) is 12.5 Å². The number of carbonyl (C=O) groups is 2. The molecule has 0 saturated carbocycles. The van der Waals surface area contributed by atoms with Crippen LogP contribution >= 0.6 is 11.8 Å². The van der Waals surface area contributed by atoms with Gasteiger partial charge in [-0.25, -0.2) is 4.98 Å². The number of aryl methyl sites for hydroxylation is 1. The van der Waals surface area contributed by atoms with E-state index in [1.807, 2.05) is 29.9 Å². The minimum absolute atomic E-state index is 0.0831. The van der Waals surface area contributed by atoms with Crippen molar-refractivity contribution in [2.45, 2.75) is 30.3 Å². The van der Waals surface area contributed by atoms with Crippen LogP contribution in [0.4, 0.5) is 5.69 Å². The summed E-state index contributed by atoms with van der Waals surface area (Å²) in [4.78, 5) is 31.3. The number of aromatic nitrogens is 2. The van der Waals surface area contributed by atoms with E-state index >= 15 is 0 Å². The van der Waals surface area contributed by atoms with E-state index in [9.17, 15) is 9.59 Å². The molecule has 1 aromatic carbocycles. The standard InChI is InChI=1S/C18H22N4O2S/c1-18(2)8-10-22(12-18)16(24)15(23)20-13-4-6-14(7-5-13)25-17-19-9-11-21(17)3/h4-7,9,11H,8,10,12H2,1-3H3,(H,20,23). The number of carbonyl (C=O) groups excluding carboxylic acids is 2. The van der Waals surface area contributed by atoms with Crippen LogP contribution in [0.25, 0.3) is 0 Å². The number of benzene rings is 1. The molecule has 7 heteroatoms. The van der Waals surface area contributed by atoms with Crippen LogP contribution in [0, 0.1) is 5.41 Å². The van der Waals surface area contributed by atoms with E-state index in [0.717, 1.165) is 16.5 Å². The Bertz CT molecular complexity index is 783. The van der Waals surface area contributed by atoms with Gasteiger partial charge in [0.05, 0.1) is 0 Å². The number of imidazole rings is 1. The number of nitrogens with one attached hydrogen (secondary N) is 1. The van der Waals surface area contributed by atoms with Crippen molar-refractivity contribution in [3.05, 3.63) is 36.7 Å². The second kappa shape index (κ2) is 6.92. The fourth-order valence-corrected chi connectivity index (χ4v) is 3.58. The highest BCUT2D eigenvalue weighted by molar-refractivity contribution is 7.99. The Labute approximate surface area is 151 Å². The van der Waals surface area contributed by atoms with Crippen LogP contribution in [0.5, 0.6) is 0 Å². The first kappa shape index (κ1) is 17.5. The van der Waals surface area contributed by atoms with Crippen molar-refractivity contribution in [1.29, 1.82) is 0 Å². The van der Waals surface area contributed by atoms with E-state index < -0.39 is 11.8 Å². The third kappa shape index (κ3) is 4.22. The van der Waals surface area contributed by atoms with Crippen LogP contribution in [-0.2, 0) is 16.6 Å². The third-order valence-electron chi connectivity index (χ3n) is 4.26. The molecule has 1 N–H and O–H groups in total. The third-order valence-corrected chi connectivity index (χ3v) is 5.34. The largest absolute Gasteiger partial charge is 0.334 e. The lowest BCUT2D eigenvalue weighted by atomic mass is 9.93. The number of nitrogens with zero attached hydrogens (tertiary/aromatic N) is 3. The Kier molecular flexibility index (Phi) is 4.85. The highest BCUT2D eigenvalue weighted by Crippen LogP contribution is 2.29. The van der Waals surface area contributed by atoms with Crippen LogP contribution in [-0.4, -0.2) is 39.4 Å². The highest BCUT2D eigenvalue weighted by Gasteiger charge is 2.34. The minimum atomic E-state index is -0.581. The Morgan fingerprint density at radius 1 is 1.24 bits per heavy atom. The van der Waals surface area contributed by atoms with Gasteiger partial charge in [0.1, 0.15) is 0 Å². The summed E-state index contributed by atoms with van der Waals surface area (Å²) < 4.78 is 1.94. The van der Waals surface area contributed by atoms with Crippen LogP contribution in [0.15, 0.2) is 46.7 Å². The summed E-state index contributed by atoms with van der Waals surface area (Å²) in [5.41, 5.74) is 0.695. The Morgan fingerprint density at radius 3 is 2.52 bits per heavy atom. The maximum absolute atomic E-state index is 12.3. The fourth-order valence-electron chi connectivity index (χ4n) is 2.78. The van der Waals surface area contributed by atoms with Crippen molar-refractivity contribution in [2.75, 3.05) is 18.4 Å². The Hall–Kier alpha value is -2.28. The molecule has 1 saturated heterocycles. The van der Waals surface area contributed by atoms with Crippen LogP contribution in [0.1, 0.15) is 20.3 Å².